The Labute approximate surface area is 122 Å². The van der Waals surface area contributed by atoms with Crippen LogP contribution in [-0.2, 0) is 20.0 Å². The SMILES string of the molecule is CN(C)S(=O)(=O)CCCS(=O)(=O)N1CC[C@@](C)(CN)C1. The Morgan fingerprint density at radius 1 is 1.20 bits per heavy atom. The van der Waals surface area contributed by atoms with E-state index in [0.717, 1.165) is 10.7 Å². The van der Waals surface area contributed by atoms with Crippen molar-refractivity contribution in [3.05, 3.63) is 0 Å². The third kappa shape index (κ3) is 4.39. The largest absolute Gasteiger partial charge is 0.330 e. The summed E-state index contributed by atoms with van der Waals surface area (Å²) in [6.07, 6.45) is 0.859. The fourth-order valence-electron chi connectivity index (χ4n) is 2.12. The van der Waals surface area contributed by atoms with Gasteiger partial charge in [-0.3, -0.25) is 0 Å². The molecule has 2 N–H and O–H groups in total. The lowest BCUT2D eigenvalue weighted by Gasteiger charge is -2.22. The maximum absolute atomic E-state index is 12.2. The second kappa shape index (κ2) is 6.27. The second-order valence-corrected chi connectivity index (χ2v) is 10.3. The normalized spacial score (nSPS) is 25.4. The smallest absolute Gasteiger partial charge is 0.214 e. The van der Waals surface area contributed by atoms with Crippen LogP contribution in [0.3, 0.4) is 0 Å². The van der Waals surface area contributed by atoms with Gasteiger partial charge in [0.2, 0.25) is 20.0 Å². The van der Waals surface area contributed by atoms with Crippen LogP contribution in [0.15, 0.2) is 0 Å². The maximum Gasteiger partial charge on any atom is 0.214 e. The van der Waals surface area contributed by atoms with Crippen molar-refractivity contribution >= 4 is 20.0 Å². The minimum Gasteiger partial charge on any atom is -0.330 e. The van der Waals surface area contributed by atoms with Gasteiger partial charge < -0.3 is 5.73 Å². The topological polar surface area (TPSA) is 101 Å². The molecule has 1 atom stereocenters. The maximum atomic E-state index is 12.2. The van der Waals surface area contributed by atoms with Gasteiger partial charge in [0.25, 0.3) is 0 Å². The lowest BCUT2D eigenvalue weighted by atomic mass is 9.90. The van der Waals surface area contributed by atoms with E-state index in [1.165, 1.54) is 18.4 Å². The van der Waals surface area contributed by atoms with Gasteiger partial charge in [-0.25, -0.2) is 25.4 Å². The summed E-state index contributed by atoms with van der Waals surface area (Å²) >= 11 is 0. The number of hydrogen-bond donors (Lipinski definition) is 1. The van der Waals surface area contributed by atoms with E-state index in [4.69, 9.17) is 5.73 Å². The first kappa shape index (κ1) is 17.8. The quantitative estimate of drug-likeness (QED) is 0.664. The molecule has 9 heteroatoms. The minimum absolute atomic E-state index is 0.110. The molecule has 0 aromatic heterocycles. The Morgan fingerprint density at radius 2 is 1.80 bits per heavy atom. The molecule has 0 spiro atoms. The number of hydrogen-bond acceptors (Lipinski definition) is 5. The van der Waals surface area contributed by atoms with Gasteiger partial charge in [0.05, 0.1) is 11.5 Å². The summed E-state index contributed by atoms with van der Waals surface area (Å²) in [5.74, 6) is -0.290. The fraction of sp³-hybridized carbons (Fsp3) is 1.00. The lowest BCUT2D eigenvalue weighted by Crippen LogP contribution is -2.36. The van der Waals surface area contributed by atoms with Crippen molar-refractivity contribution < 1.29 is 16.8 Å². The van der Waals surface area contributed by atoms with Crippen molar-refractivity contribution in [1.29, 1.82) is 0 Å². The number of sulfonamides is 2. The highest BCUT2D eigenvalue weighted by atomic mass is 32.2. The Hall–Kier alpha value is -0.220. The van der Waals surface area contributed by atoms with Crippen LogP contribution in [0.5, 0.6) is 0 Å². The molecule has 1 rings (SSSR count). The molecule has 0 aliphatic carbocycles. The van der Waals surface area contributed by atoms with Gasteiger partial charge in [-0.15, -0.1) is 0 Å². The summed E-state index contributed by atoms with van der Waals surface area (Å²) in [7, 11) is -3.85. The molecule has 0 unspecified atom stereocenters. The molecule has 1 aliphatic rings. The molecule has 0 amide bonds. The van der Waals surface area contributed by atoms with E-state index < -0.39 is 20.0 Å². The van der Waals surface area contributed by atoms with Crippen LogP contribution in [0.1, 0.15) is 19.8 Å². The van der Waals surface area contributed by atoms with Crippen molar-refractivity contribution in [3.8, 4) is 0 Å². The monoisotopic (exact) mass is 327 g/mol. The third-order valence-electron chi connectivity index (χ3n) is 3.77. The summed E-state index contributed by atoms with van der Waals surface area (Å²) in [5, 5.41) is 0. The van der Waals surface area contributed by atoms with Crippen LogP contribution in [0, 0.1) is 5.41 Å². The van der Waals surface area contributed by atoms with Gasteiger partial charge >= 0.3 is 0 Å². The van der Waals surface area contributed by atoms with Gasteiger partial charge in [-0.05, 0) is 24.8 Å². The van der Waals surface area contributed by atoms with Crippen LogP contribution in [-0.4, -0.2) is 70.7 Å². The zero-order valence-corrected chi connectivity index (χ0v) is 14.0. The molecule has 0 saturated carbocycles. The molecule has 0 aromatic carbocycles. The standard InChI is InChI=1S/C11H25N3O4S2/c1-11(9-12)5-6-14(10-11)20(17,18)8-4-7-19(15,16)13(2)3/h4-10,12H2,1-3H3/t11-/m0/s1. The van der Waals surface area contributed by atoms with Crippen molar-refractivity contribution in [2.45, 2.75) is 19.8 Å². The summed E-state index contributed by atoms with van der Waals surface area (Å²) in [6.45, 7) is 3.32. The molecule has 0 aromatic rings. The minimum atomic E-state index is -3.39. The zero-order valence-electron chi connectivity index (χ0n) is 12.4. The van der Waals surface area contributed by atoms with Crippen molar-refractivity contribution in [2.75, 3.05) is 45.2 Å². The van der Waals surface area contributed by atoms with Crippen LogP contribution in [0.25, 0.3) is 0 Å². The van der Waals surface area contributed by atoms with Gasteiger partial charge in [-0.1, -0.05) is 6.92 Å². The molecule has 120 valence electrons. The predicted octanol–water partition coefficient (Wildman–Crippen LogP) is -0.732. The van der Waals surface area contributed by atoms with E-state index in [1.807, 2.05) is 6.92 Å². The highest BCUT2D eigenvalue weighted by Crippen LogP contribution is 2.30. The molecule has 1 fully saturated rings. The molecular formula is C11H25N3O4S2. The molecule has 7 nitrogen and oxygen atoms in total. The zero-order chi connectivity index (χ0) is 15.6. The van der Waals surface area contributed by atoms with Gasteiger partial charge in [-0.2, -0.15) is 0 Å². The van der Waals surface area contributed by atoms with E-state index >= 15 is 0 Å². The second-order valence-electron chi connectivity index (χ2n) is 5.87. The first-order valence-electron chi connectivity index (χ1n) is 6.60. The molecular weight excluding hydrogens is 302 g/mol. The highest BCUT2D eigenvalue weighted by molar-refractivity contribution is 7.90. The van der Waals surface area contributed by atoms with Crippen molar-refractivity contribution in [2.24, 2.45) is 11.1 Å². The van der Waals surface area contributed by atoms with E-state index in [0.29, 0.717) is 19.6 Å². The lowest BCUT2D eigenvalue weighted by molar-refractivity contribution is 0.349. The third-order valence-corrected chi connectivity index (χ3v) is 7.59. The molecule has 0 radical (unpaired) electrons. The molecule has 0 bridgehead atoms. The van der Waals surface area contributed by atoms with E-state index in [-0.39, 0.29) is 23.3 Å². The van der Waals surface area contributed by atoms with E-state index in [9.17, 15) is 16.8 Å². The number of nitrogens with two attached hydrogens (primary N) is 1. The molecule has 20 heavy (non-hydrogen) atoms. The first-order valence-corrected chi connectivity index (χ1v) is 9.82. The van der Waals surface area contributed by atoms with Crippen LogP contribution < -0.4 is 5.73 Å². The predicted molar refractivity (Wildman–Crippen MR) is 79.2 cm³/mol. The van der Waals surface area contributed by atoms with Gasteiger partial charge in [0.1, 0.15) is 0 Å². The Kier molecular flexibility index (Phi) is 5.59. The molecule has 1 aliphatic heterocycles. The Morgan fingerprint density at radius 3 is 2.25 bits per heavy atom. The average molecular weight is 327 g/mol. The van der Waals surface area contributed by atoms with Crippen molar-refractivity contribution in [1.82, 2.24) is 8.61 Å². The molecule has 1 saturated heterocycles. The average Bonchev–Trinajstić information content (AvgIpc) is 2.73. The summed E-state index contributed by atoms with van der Waals surface area (Å²) in [6, 6.07) is 0. The van der Waals surface area contributed by atoms with Gasteiger partial charge in [0.15, 0.2) is 0 Å². The summed E-state index contributed by atoms with van der Waals surface area (Å²) in [5.41, 5.74) is 5.49. The molecule has 1 heterocycles. The van der Waals surface area contributed by atoms with Crippen LogP contribution in [0.2, 0.25) is 0 Å². The first-order chi connectivity index (χ1) is 9.02. The Balaban J connectivity index is 2.56. The van der Waals surface area contributed by atoms with E-state index in [2.05, 4.69) is 0 Å². The highest BCUT2D eigenvalue weighted by Gasteiger charge is 2.38. The number of nitrogens with zero attached hydrogens (tertiary/aromatic N) is 2. The summed E-state index contributed by atoms with van der Waals surface area (Å²) in [4.78, 5) is 0. The Bertz CT molecular complexity index is 530. The van der Waals surface area contributed by atoms with Crippen LogP contribution >= 0.6 is 0 Å². The summed E-state index contributed by atoms with van der Waals surface area (Å²) < 4.78 is 50.1. The van der Waals surface area contributed by atoms with Crippen LogP contribution in [0.4, 0.5) is 0 Å². The van der Waals surface area contributed by atoms with E-state index in [1.54, 1.807) is 0 Å². The number of rotatable bonds is 7. The van der Waals surface area contributed by atoms with Crippen molar-refractivity contribution in [3.63, 3.8) is 0 Å². The fourth-order valence-corrected chi connectivity index (χ4v) is 4.82. The van der Waals surface area contributed by atoms with Gasteiger partial charge in [0, 0.05) is 27.2 Å².